The monoisotopic (exact) mass is 804 g/mol. The van der Waals surface area contributed by atoms with Gasteiger partial charge in [0.25, 0.3) is 0 Å². The zero-order valence-corrected chi connectivity index (χ0v) is 28.4. The Morgan fingerprint density at radius 2 is 1.00 bits per heavy atom. The van der Waals surface area contributed by atoms with E-state index in [1.165, 1.54) is 0 Å². The van der Waals surface area contributed by atoms with Crippen molar-refractivity contribution >= 4 is 34.8 Å². The van der Waals surface area contributed by atoms with E-state index >= 15 is 0 Å². The number of likely N-dealkylation sites (N-methyl/N-ethyl adjacent to an activating group) is 2. The van der Waals surface area contributed by atoms with E-state index < -0.39 is 0 Å². The Bertz CT molecular complexity index is 1240. The fraction of sp³-hybridized carbons (Fsp3) is 0.467. The Labute approximate surface area is 280 Å². The van der Waals surface area contributed by atoms with Gasteiger partial charge >= 0.3 is 0 Å². The SMILES string of the molecule is C[N+]1(CCC(=O)Nc2ccc3c(c2)C(=O)c2ccc(NC(=O)CC[N+]4(C)CCOCC4)cc2C3=O)CCOCC1.[I-].[I-]. The summed E-state index contributed by atoms with van der Waals surface area (Å²) in [6.45, 7) is 7.71. The Balaban J connectivity index is 0.00000242. The van der Waals surface area contributed by atoms with Gasteiger partial charge in [-0.1, -0.05) is 0 Å². The van der Waals surface area contributed by atoms with E-state index in [-0.39, 0.29) is 93.6 Å². The number of nitrogens with one attached hydrogen (secondary N) is 2. The molecule has 2 heterocycles. The van der Waals surface area contributed by atoms with E-state index in [0.717, 1.165) is 35.1 Å². The van der Waals surface area contributed by atoms with Gasteiger partial charge in [0.15, 0.2) is 11.6 Å². The minimum atomic E-state index is -0.283. The van der Waals surface area contributed by atoms with E-state index in [2.05, 4.69) is 24.7 Å². The summed E-state index contributed by atoms with van der Waals surface area (Å²) in [7, 11) is 4.25. The lowest BCUT2D eigenvalue weighted by Crippen LogP contribution is -3.00. The van der Waals surface area contributed by atoms with Crippen LogP contribution in [0.3, 0.4) is 0 Å². The number of hydrogen-bond donors (Lipinski definition) is 2. The minimum absolute atomic E-state index is 0. The van der Waals surface area contributed by atoms with Crippen molar-refractivity contribution < 1.29 is 85.6 Å². The second-order valence-electron chi connectivity index (χ2n) is 11.6. The van der Waals surface area contributed by atoms with Crippen molar-refractivity contribution in [2.45, 2.75) is 12.8 Å². The van der Waals surface area contributed by atoms with Crippen LogP contribution in [0, 0.1) is 0 Å². The maximum atomic E-state index is 13.3. The van der Waals surface area contributed by atoms with Crippen molar-refractivity contribution in [1.29, 1.82) is 0 Å². The normalized spacial score (nSPS) is 18.4. The molecule has 2 N–H and O–H groups in total. The first kappa shape index (κ1) is 34.5. The van der Waals surface area contributed by atoms with Crippen LogP contribution in [0.2, 0.25) is 0 Å². The van der Waals surface area contributed by atoms with Crippen LogP contribution in [0.1, 0.15) is 44.7 Å². The number of benzene rings is 2. The molecule has 2 aromatic carbocycles. The average Bonchev–Trinajstić information content (AvgIpc) is 2.95. The number of amides is 2. The maximum absolute atomic E-state index is 13.3. The van der Waals surface area contributed by atoms with Crippen LogP contribution in [0.5, 0.6) is 0 Å². The molecule has 0 aromatic heterocycles. The topological polar surface area (TPSA) is 111 Å². The average molecular weight is 804 g/mol. The maximum Gasteiger partial charge on any atom is 0.230 e. The number of halogens is 2. The molecule has 10 nitrogen and oxygen atoms in total. The molecule has 0 unspecified atom stereocenters. The summed E-state index contributed by atoms with van der Waals surface area (Å²) in [5.74, 6) is -0.832. The molecule has 2 fully saturated rings. The molecular formula is C30H38I2N4O6. The summed E-state index contributed by atoms with van der Waals surface area (Å²) in [5.41, 5.74) is 2.07. The number of hydrogen-bond acceptors (Lipinski definition) is 6. The van der Waals surface area contributed by atoms with Crippen LogP contribution in [0.25, 0.3) is 0 Å². The van der Waals surface area contributed by atoms with Crippen LogP contribution < -0.4 is 58.6 Å². The first-order chi connectivity index (χ1) is 19.1. The zero-order chi connectivity index (χ0) is 28.3. The van der Waals surface area contributed by atoms with Gasteiger partial charge in [0.1, 0.15) is 26.2 Å². The summed E-state index contributed by atoms with van der Waals surface area (Å²) < 4.78 is 12.4. The number of carbonyl (C=O) groups is 4. The lowest BCUT2D eigenvalue weighted by Gasteiger charge is -2.37. The number of ether oxygens (including phenoxy) is 2. The van der Waals surface area contributed by atoms with Crippen molar-refractivity contribution in [3.05, 3.63) is 58.7 Å². The van der Waals surface area contributed by atoms with Crippen molar-refractivity contribution in [1.82, 2.24) is 0 Å². The van der Waals surface area contributed by atoms with Gasteiger partial charge in [0, 0.05) is 33.6 Å². The highest BCUT2D eigenvalue weighted by atomic mass is 127. The Morgan fingerprint density at radius 1 is 0.643 bits per heavy atom. The number of quaternary nitrogens is 2. The van der Waals surface area contributed by atoms with Gasteiger partial charge < -0.3 is 77.0 Å². The molecule has 0 spiro atoms. The third-order valence-electron chi connectivity index (χ3n) is 8.44. The second-order valence-corrected chi connectivity index (χ2v) is 11.6. The fourth-order valence-electron chi connectivity index (χ4n) is 5.51. The molecule has 0 radical (unpaired) electrons. The number of morpholine rings is 2. The summed E-state index contributed by atoms with van der Waals surface area (Å²) >= 11 is 0. The van der Waals surface area contributed by atoms with E-state index in [0.29, 0.717) is 63.7 Å². The second kappa shape index (κ2) is 14.7. The Kier molecular flexibility index (Phi) is 12.0. The van der Waals surface area contributed by atoms with E-state index in [4.69, 9.17) is 9.47 Å². The van der Waals surface area contributed by atoms with Crippen molar-refractivity contribution in [2.24, 2.45) is 0 Å². The molecule has 2 aromatic rings. The third kappa shape index (κ3) is 8.14. The molecular weight excluding hydrogens is 766 g/mol. The summed E-state index contributed by atoms with van der Waals surface area (Å²) in [5, 5.41) is 5.76. The lowest BCUT2D eigenvalue weighted by atomic mass is 9.83. The summed E-state index contributed by atoms with van der Waals surface area (Å²) in [6.07, 6.45) is 0.703. The smallest absolute Gasteiger partial charge is 0.230 e. The first-order valence-corrected chi connectivity index (χ1v) is 13.9. The van der Waals surface area contributed by atoms with Gasteiger partial charge in [-0.25, -0.2) is 0 Å². The minimum Gasteiger partial charge on any atom is -1.00 e. The largest absolute Gasteiger partial charge is 1.00 e. The van der Waals surface area contributed by atoms with E-state index in [1.54, 1.807) is 36.4 Å². The molecule has 0 bridgehead atoms. The number of nitrogens with zero attached hydrogens (tertiary/aromatic N) is 2. The van der Waals surface area contributed by atoms with Gasteiger partial charge in [-0.15, -0.1) is 0 Å². The van der Waals surface area contributed by atoms with Gasteiger partial charge in [-0.2, -0.15) is 0 Å². The van der Waals surface area contributed by atoms with Gasteiger partial charge in [-0.3, -0.25) is 19.2 Å². The number of rotatable bonds is 8. The van der Waals surface area contributed by atoms with Gasteiger partial charge in [0.2, 0.25) is 11.8 Å². The van der Waals surface area contributed by atoms with Crippen LogP contribution in [0.15, 0.2) is 36.4 Å². The molecule has 0 saturated carbocycles. The molecule has 2 aliphatic heterocycles. The van der Waals surface area contributed by atoms with Crippen LogP contribution in [-0.2, 0) is 19.1 Å². The molecule has 0 atom stereocenters. The number of carbonyl (C=O) groups excluding carboxylic acids is 4. The first-order valence-electron chi connectivity index (χ1n) is 13.9. The summed E-state index contributed by atoms with van der Waals surface area (Å²) in [4.78, 5) is 52.0. The Morgan fingerprint density at radius 3 is 1.36 bits per heavy atom. The third-order valence-corrected chi connectivity index (χ3v) is 8.44. The highest BCUT2D eigenvalue weighted by molar-refractivity contribution is 6.29. The van der Waals surface area contributed by atoms with Crippen molar-refractivity contribution in [2.75, 3.05) is 90.4 Å². The fourth-order valence-corrected chi connectivity index (χ4v) is 5.51. The van der Waals surface area contributed by atoms with E-state index in [9.17, 15) is 19.2 Å². The molecule has 5 rings (SSSR count). The summed E-state index contributed by atoms with van der Waals surface area (Å²) in [6, 6.07) is 9.62. The quantitative estimate of drug-likeness (QED) is 0.178. The molecule has 2 saturated heterocycles. The Hall–Kier alpha value is -1.98. The van der Waals surface area contributed by atoms with Crippen LogP contribution >= 0.6 is 0 Å². The molecule has 1 aliphatic carbocycles. The standard InChI is InChI=1S/C30H36N4O6.2HI/c1-33(11-15-39-16-12-33)9-7-27(35)31-21-3-5-23-25(19-21)29(37)24-6-4-22(20-26(24)30(23)38)32-28(36)8-10-34(2)13-17-40-18-14-34;;/h3-6,19-20H,7-18H2,1-2H3;2*1H. The van der Waals surface area contributed by atoms with Crippen molar-refractivity contribution in [3.8, 4) is 0 Å². The number of ketones is 2. The van der Waals surface area contributed by atoms with Gasteiger partial charge in [-0.05, 0) is 36.4 Å². The van der Waals surface area contributed by atoms with Crippen molar-refractivity contribution in [3.63, 3.8) is 0 Å². The molecule has 42 heavy (non-hydrogen) atoms. The highest BCUT2D eigenvalue weighted by Gasteiger charge is 2.31. The molecule has 12 heteroatoms. The molecule has 228 valence electrons. The van der Waals surface area contributed by atoms with Gasteiger partial charge in [0.05, 0.1) is 66.5 Å². The number of fused-ring (bicyclic) bond motifs is 2. The highest BCUT2D eigenvalue weighted by Crippen LogP contribution is 2.31. The molecule has 3 aliphatic rings. The van der Waals surface area contributed by atoms with Crippen LogP contribution in [0.4, 0.5) is 11.4 Å². The van der Waals surface area contributed by atoms with E-state index in [1.807, 2.05) is 0 Å². The zero-order valence-electron chi connectivity index (χ0n) is 24.0. The molecule has 2 amide bonds. The predicted octanol–water partition coefficient (Wildman–Crippen LogP) is -3.92. The number of anilines is 2. The van der Waals surface area contributed by atoms with Crippen LogP contribution in [-0.4, -0.2) is 112 Å². The lowest BCUT2D eigenvalue weighted by molar-refractivity contribution is -0.916. The predicted molar refractivity (Wildman–Crippen MR) is 149 cm³/mol.